The smallest absolute Gasteiger partial charge is 0.224 e. The van der Waals surface area contributed by atoms with Crippen molar-refractivity contribution < 1.29 is 4.79 Å². The Morgan fingerprint density at radius 2 is 2.10 bits per heavy atom. The lowest BCUT2D eigenvalue weighted by Crippen LogP contribution is -2.36. The highest BCUT2D eigenvalue weighted by Crippen LogP contribution is 2.15. The lowest BCUT2D eigenvalue weighted by molar-refractivity contribution is -0.124. The zero-order chi connectivity index (χ0) is 15.1. The number of pyridine rings is 1. The number of hydrogen-bond acceptors (Lipinski definition) is 3. The van der Waals surface area contributed by atoms with Crippen molar-refractivity contribution in [2.75, 3.05) is 19.6 Å². The van der Waals surface area contributed by atoms with E-state index in [0.29, 0.717) is 6.54 Å². The molecule has 2 rings (SSSR count). The Bertz CT molecular complexity index is 592. The van der Waals surface area contributed by atoms with Crippen LogP contribution < -0.4 is 10.6 Å². The molecule has 112 valence electrons. The van der Waals surface area contributed by atoms with Crippen LogP contribution in [0.1, 0.15) is 19.4 Å². The maximum absolute atomic E-state index is 11.9. The van der Waals surface area contributed by atoms with Crippen molar-refractivity contribution in [3.63, 3.8) is 0 Å². The van der Waals surface area contributed by atoms with Gasteiger partial charge in [-0.2, -0.15) is 0 Å². The number of aromatic nitrogens is 1. The van der Waals surface area contributed by atoms with Crippen LogP contribution in [-0.2, 0) is 11.2 Å². The minimum Gasteiger partial charge on any atom is -0.355 e. The predicted octanol–water partition coefficient (Wildman–Crippen LogP) is 2.14. The molecule has 0 saturated carbocycles. The van der Waals surface area contributed by atoms with Crippen molar-refractivity contribution in [1.82, 2.24) is 15.6 Å². The summed E-state index contributed by atoms with van der Waals surface area (Å²) in [4.78, 5) is 16.4. The average molecular weight is 285 g/mol. The van der Waals surface area contributed by atoms with Gasteiger partial charge in [0.05, 0.1) is 5.52 Å². The van der Waals surface area contributed by atoms with E-state index >= 15 is 0 Å². The minimum absolute atomic E-state index is 0.00408. The molecular formula is C17H23N3O. The largest absolute Gasteiger partial charge is 0.355 e. The van der Waals surface area contributed by atoms with E-state index in [4.69, 9.17) is 0 Å². The average Bonchev–Trinajstić information content (AvgIpc) is 2.52. The molecule has 0 saturated heterocycles. The van der Waals surface area contributed by atoms with Gasteiger partial charge < -0.3 is 10.6 Å². The number of nitrogens with zero attached hydrogens (tertiary/aromatic N) is 1. The fourth-order valence-corrected chi connectivity index (χ4v) is 2.32. The Morgan fingerprint density at radius 3 is 2.90 bits per heavy atom. The molecule has 1 aromatic heterocycles. The maximum Gasteiger partial charge on any atom is 0.224 e. The number of carbonyl (C=O) groups is 1. The third-order valence-corrected chi connectivity index (χ3v) is 3.56. The Balaban J connectivity index is 1.89. The van der Waals surface area contributed by atoms with Crippen LogP contribution in [0.25, 0.3) is 10.9 Å². The summed E-state index contributed by atoms with van der Waals surface area (Å²) < 4.78 is 0. The molecule has 0 spiro atoms. The van der Waals surface area contributed by atoms with Crippen LogP contribution in [0.3, 0.4) is 0 Å². The minimum atomic E-state index is -0.00408. The maximum atomic E-state index is 11.9. The van der Waals surface area contributed by atoms with Crippen LogP contribution in [0.15, 0.2) is 36.5 Å². The van der Waals surface area contributed by atoms with Crippen molar-refractivity contribution in [1.29, 1.82) is 0 Å². The summed E-state index contributed by atoms with van der Waals surface area (Å²) in [5, 5.41) is 7.33. The molecule has 4 nitrogen and oxygen atoms in total. The molecule has 1 atom stereocenters. The van der Waals surface area contributed by atoms with Crippen molar-refractivity contribution in [2.24, 2.45) is 5.92 Å². The number of carbonyl (C=O) groups excluding carboxylic acids is 1. The van der Waals surface area contributed by atoms with Gasteiger partial charge in [-0.15, -0.1) is 0 Å². The normalized spacial score (nSPS) is 12.3. The number of hydrogen-bond donors (Lipinski definition) is 2. The van der Waals surface area contributed by atoms with E-state index in [1.807, 2.05) is 32.2 Å². The summed E-state index contributed by atoms with van der Waals surface area (Å²) in [6.07, 6.45) is 2.61. The van der Waals surface area contributed by atoms with Crippen LogP contribution in [0.5, 0.6) is 0 Å². The van der Waals surface area contributed by atoms with Gasteiger partial charge in [-0.3, -0.25) is 9.78 Å². The second kappa shape index (κ2) is 7.74. The van der Waals surface area contributed by atoms with Crippen LogP contribution >= 0.6 is 0 Å². The third kappa shape index (κ3) is 4.26. The first kappa shape index (κ1) is 15.4. The van der Waals surface area contributed by atoms with Crippen LogP contribution in [0.2, 0.25) is 0 Å². The summed E-state index contributed by atoms with van der Waals surface area (Å²) in [6, 6.07) is 10.2. The van der Waals surface area contributed by atoms with Gasteiger partial charge in [0, 0.05) is 30.6 Å². The van der Waals surface area contributed by atoms with E-state index in [2.05, 4.69) is 33.8 Å². The van der Waals surface area contributed by atoms with E-state index in [0.717, 1.165) is 30.4 Å². The van der Waals surface area contributed by atoms with E-state index in [-0.39, 0.29) is 11.8 Å². The van der Waals surface area contributed by atoms with Crippen molar-refractivity contribution in [2.45, 2.75) is 20.3 Å². The van der Waals surface area contributed by atoms with Gasteiger partial charge in [0.1, 0.15) is 0 Å². The first-order valence-corrected chi connectivity index (χ1v) is 7.53. The molecule has 0 aliphatic rings. The summed E-state index contributed by atoms with van der Waals surface area (Å²) in [5.74, 6) is 0.0970. The molecule has 0 aliphatic heterocycles. The molecule has 0 radical (unpaired) electrons. The second-order valence-corrected chi connectivity index (χ2v) is 5.24. The predicted molar refractivity (Wildman–Crippen MR) is 86.2 cm³/mol. The van der Waals surface area contributed by atoms with Crippen LogP contribution in [-0.4, -0.2) is 30.5 Å². The Hall–Kier alpha value is -1.94. The lowest BCUT2D eigenvalue weighted by Gasteiger charge is -2.12. The number of nitrogens with one attached hydrogen (secondary N) is 2. The van der Waals surface area contributed by atoms with Crippen LogP contribution in [0, 0.1) is 5.92 Å². The number of para-hydroxylation sites is 1. The molecule has 2 aromatic rings. The van der Waals surface area contributed by atoms with Gasteiger partial charge in [0.2, 0.25) is 5.91 Å². The Morgan fingerprint density at radius 1 is 1.29 bits per heavy atom. The highest BCUT2D eigenvalue weighted by Gasteiger charge is 2.11. The first-order chi connectivity index (χ1) is 10.2. The van der Waals surface area contributed by atoms with E-state index in [1.165, 1.54) is 5.56 Å². The molecule has 2 N–H and O–H groups in total. The Kier molecular flexibility index (Phi) is 5.69. The highest BCUT2D eigenvalue weighted by molar-refractivity contribution is 5.82. The van der Waals surface area contributed by atoms with Gasteiger partial charge in [-0.25, -0.2) is 0 Å². The van der Waals surface area contributed by atoms with Gasteiger partial charge in [-0.1, -0.05) is 38.1 Å². The van der Waals surface area contributed by atoms with E-state index < -0.39 is 0 Å². The molecule has 4 heteroatoms. The molecule has 0 aliphatic carbocycles. The van der Waals surface area contributed by atoms with Crippen molar-refractivity contribution in [3.8, 4) is 0 Å². The molecule has 0 fully saturated rings. The Labute approximate surface area is 126 Å². The van der Waals surface area contributed by atoms with Crippen molar-refractivity contribution >= 4 is 16.8 Å². The fraction of sp³-hybridized carbons (Fsp3) is 0.412. The van der Waals surface area contributed by atoms with Crippen molar-refractivity contribution in [3.05, 3.63) is 42.1 Å². The summed E-state index contributed by atoms with van der Waals surface area (Å²) in [6.45, 7) is 6.23. The second-order valence-electron chi connectivity index (χ2n) is 5.24. The number of amides is 1. The van der Waals surface area contributed by atoms with Gasteiger partial charge >= 0.3 is 0 Å². The molecule has 1 heterocycles. The highest BCUT2D eigenvalue weighted by atomic mass is 16.1. The zero-order valence-corrected chi connectivity index (χ0v) is 12.7. The topological polar surface area (TPSA) is 54.0 Å². The summed E-state index contributed by atoms with van der Waals surface area (Å²) >= 11 is 0. The number of rotatable bonds is 7. The quantitative estimate of drug-likeness (QED) is 0.819. The first-order valence-electron chi connectivity index (χ1n) is 7.53. The molecule has 0 bridgehead atoms. The molecule has 1 aromatic carbocycles. The van der Waals surface area contributed by atoms with Crippen LogP contribution in [0.4, 0.5) is 0 Å². The zero-order valence-electron chi connectivity index (χ0n) is 12.7. The summed E-state index contributed by atoms with van der Waals surface area (Å²) in [5.41, 5.74) is 2.20. The van der Waals surface area contributed by atoms with E-state index in [9.17, 15) is 4.79 Å². The number of fused-ring (bicyclic) bond motifs is 1. The number of benzene rings is 1. The van der Waals surface area contributed by atoms with Gasteiger partial charge in [-0.05, 0) is 24.6 Å². The molecule has 21 heavy (non-hydrogen) atoms. The third-order valence-electron chi connectivity index (χ3n) is 3.56. The van der Waals surface area contributed by atoms with E-state index in [1.54, 1.807) is 0 Å². The lowest BCUT2D eigenvalue weighted by atomic mass is 10.1. The van der Waals surface area contributed by atoms with Gasteiger partial charge in [0.25, 0.3) is 0 Å². The SMILES string of the molecule is CCNCC(C)C(=O)NCCc1cccc2cccnc12. The monoisotopic (exact) mass is 285 g/mol. The fourth-order valence-electron chi connectivity index (χ4n) is 2.32. The molecular weight excluding hydrogens is 262 g/mol. The van der Waals surface area contributed by atoms with Gasteiger partial charge in [0.15, 0.2) is 0 Å². The standard InChI is InChI=1S/C17H23N3O/c1-3-18-12-13(2)17(21)20-11-9-15-7-4-6-14-8-5-10-19-16(14)15/h4-8,10,13,18H,3,9,11-12H2,1-2H3,(H,20,21). The summed E-state index contributed by atoms with van der Waals surface area (Å²) in [7, 11) is 0. The molecule has 1 amide bonds. The molecule has 1 unspecified atom stereocenters.